The average Bonchev–Trinajstić information content (AvgIpc) is 2.31. The Kier molecular flexibility index (Phi) is 2.10. The van der Waals surface area contributed by atoms with Gasteiger partial charge in [0.05, 0.1) is 5.69 Å². The monoisotopic (exact) mass is 154 g/mol. The molecular formula is C6H8N3O2-. The van der Waals surface area contributed by atoms with Crippen molar-refractivity contribution in [3.63, 3.8) is 0 Å². The zero-order valence-corrected chi connectivity index (χ0v) is 5.86. The van der Waals surface area contributed by atoms with Crippen molar-refractivity contribution in [3.05, 3.63) is 18.2 Å². The van der Waals surface area contributed by atoms with Gasteiger partial charge in [-0.3, -0.25) is 4.68 Å². The molecule has 0 spiro atoms. The maximum Gasteiger partial charge on any atom is 0.114 e. The van der Waals surface area contributed by atoms with Gasteiger partial charge in [0.15, 0.2) is 0 Å². The van der Waals surface area contributed by atoms with E-state index in [1.165, 1.54) is 11.0 Å². The molecule has 0 unspecified atom stereocenters. The lowest BCUT2D eigenvalue weighted by Crippen LogP contribution is -2.22. The predicted octanol–water partition coefficient (Wildman–Crippen LogP) is -1.72. The third-order valence-electron chi connectivity index (χ3n) is 1.24. The summed E-state index contributed by atoms with van der Waals surface area (Å²) >= 11 is 0. The summed E-state index contributed by atoms with van der Waals surface area (Å²) in [5.74, 6) is 4.20. The maximum atomic E-state index is 10.0. The van der Waals surface area contributed by atoms with E-state index in [4.69, 9.17) is 5.84 Å². The van der Waals surface area contributed by atoms with Gasteiger partial charge < -0.3 is 15.7 Å². The van der Waals surface area contributed by atoms with Gasteiger partial charge in [0.2, 0.25) is 0 Å². The molecule has 0 aliphatic rings. The van der Waals surface area contributed by atoms with E-state index in [1.807, 2.05) is 0 Å². The van der Waals surface area contributed by atoms with Gasteiger partial charge in [-0.15, -0.1) is 0 Å². The molecule has 0 saturated heterocycles. The number of carboxylic acid groups (broad SMARTS) is 1. The first-order chi connectivity index (χ1) is 5.18. The molecule has 1 rings (SSSR count). The molecule has 0 fully saturated rings. The Hall–Kier alpha value is -1.52. The molecule has 5 heteroatoms. The second-order valence-electron chi connectivity index (χ2n) is 2.18. The molecule has 1 heterocycles. The molecule has 0 aliphatic heterocycles. The summed E-state index contributed by atoms with van der Waals surface area (Å²) in [6, 6.07) is 0. The maximum absolute atomic E-state index is 10.0. The highest BCUT2D eigenvalue weighted by Crippen LogP contribution is 1.96. The van der Waals surface area contributed by atoms with Gasteiger partial charge in [-0.25, -0.2) is 4.98 Å². The quantitative estimate of drug-likeness (QED) is 0.525. The summed E-state index contributed by atoms with van der Waals surface area (Å²) in [5.41, 5.74) is 0.664. The Bertz CT molecular complexity index is 256. The second-order valence-corrected chi connectivity index (χ2v) is 2.18. The molecule has 1 aromatic heterocycles. The highest BCUT2D eigenvalue weighted by atomic mass is 16.4. The average molecular weight is 154 g/mol. The first kappa shape index (κ1) is 7.59. The minimum Gasteiger partial charge on any atom is -0.550 e. The lowest BCUT2D eigenvalue weighted by molar-refractivity contribution is -0.305. The van der Waals surface area contributed by atoms with Crippen molar-refractivity contribution in [1.82, 2.24) is 9.66 Å². The van der Waals surface area contributed by atoms with Crippen LogP contribution in [0.1, 0.15) is 12.1 Å². The molecule has 0 aromatic carbocycles. The minimum absolute atomic E-state index is 0.0169. The fourth-order valence-corrected chi connectivity index (χ4v) is 0.739. The van der Waals surface area contributed by atoms with Crippen molar-refractivity contribution in [1.29, 1.82) is 0 Å². The first-order valence-corrected chi connectivity index (χ1v) is 3.16. The number of aromatic nitrogens is 2. The van der Waals surface area contributed by atoms with E-state index in [-0.39, 0.29) is 6.42 Å². The zero-order valence-electron chi connectivity index (χ0n) is 5.86. The van der Waals surface area contributed by atoms with Crippen LogP contribution < -0.4 is 10.9 Å². The van der Waals surface area contributed by atoms with Crippen LogP contribution in [-0.4, -0.2) is 15.6 Å². The van der Waals surface area contributed by atoms with Gasteiger partial charge in [-0.2, -0.15) is 0 Å². The number of nitrogen functional groups attached to an aromatic ring is 1. The lowest BCUT2D eigenvalue weighted by Gasteiger charge is -1.97. The van der Waals surface area contributed by atoms with Crippen molar-refractivity contribution in [2.75, 3.05) is 5.84 Å². The summed E-state index contributed by atoms with van der Waals surface area (Å²) in [7, 11) is 0. The van der Waals surface area contributed by atoms with E-state index in [1.54, 1.807) is 6.20 Å². The molecule has 60 valence electrons. The lowest BCUT2D eigenvalue weighted by atomic mass is 10.2. The predicted molar refractivity (Wildman–Crippen MR) is 35.7 cm³/mol. The van der Waals surface area contributed by atoms with Gasteiger partial charge in [-0.1, -0.05) is 0 Å². The van der Waals surface area contributed by atoms with Crippen LogP contribution in [0.3, 0.4) is 0 Å². The van der Waals surface area contributed by atoms with E-state index >= 15 is 0 Å². The third kappa shape index (κ3) is 2.29. The van der Waals surface area contributed by atoms with Crippen molar-refractivity contribution in [3.8, 4) is 0 Å². The van der Waals surface area contributed by atoms with E-state index in [9.17, 15) is 9.90 Å². The smallest absolute Gasteiger partial charge is 0.114 e. The van der Waals surface area contributed by atoms with Crippen molar-refractivity contribution >= 4 is 5.97 Å². The number of hydrogen-bond donors (Lipinski definition) is 1. The van der Waals surface area contributed by atoms with E-state index in [0.717, 1.165) is 0 Å². The number of rotatable bonds is 3. The summed E-state index contributed by atoms with van der Waals surface area (Å²) in [6.07, 6.45) is 3.34. The van der Waals surface area contributed by atoms with Crippen LogP contribution in [0.5, 0.6) is 0 Å². The van der Waals surface area contributed by atoms with Crippen LogP contribution in [0.15, 0.2) is 12.5 Å². The number of aliphatic carboxylic acids is 1. The number of aryl methyl sites for hydroxylation is 1. The number of carbonyl (C=O) groups excluding carboxylic acids is 1. The largest absolute Gasteiger partial charge is 0.550 e. The minimum atomic E-state index is -1.07. The third-order valence-corrected chi connectivity index (χ3v) is 1.24. The van der Waals surface area contributed by atoms with Gasteiger partial charge in [0, 0.05) is 12.2 Å². The SMILES string of the molecule is Nn1cnc(CCC(=O)[O-])c1. The van der Waals surface area contributed by atoms with Crippen molar-refractivity contribution in [2.45, 2.75) is 12.8 Å². The molecule has 1 aromatic rings. The van der Waals surface area contributed by atoms with Crippen LogP contribution in [0, 0.1) is 0 Å². The molecule has 0 bridgehead atoms. The normalized spacial score (nSPS) is 9.82. The molecule has 0 amide bonds. The van der Waals surface area contributed by atoms with Crippen LogP contribution in [-0.2, 0) is 11.2 Å². The summed E-state index contributed by atoms with van der Waals surface area (Å²) < 4.78 is 1.28. The van der Waals surface area contributed by atoms with Crippen LogP contribution in [0.25, 0.3) is 0 Å². The Balaban J connectivity index is 2.45. The summed E-state index contributed by atoms with van der Waals surface area (Å²) in [4.78, 5) is 13.8. The van der Waals surface area contributed by atoms with Crippen LogP contribution in [0.4, 0.5) is 0 Å². The molecule has 5 nitrogen and oxygen atoms in total. The molecule has 0 saturated carbocycles. The van der Waals surface area contributed by atoms with E-state index < -0.39 is 5.97 Å². The van der Waals surface area contributed by atoms with Crippen molar-refractivity contribution < 1.29 is 9.90 Å². The van der Waals surface area contributed by atoms with Crippen LogP contribution in [0.2, 0.25) is 0 Å². The number of carbonyl (C=O) groups is 1. The molecule has 2 N–H and O–H groups in total. The molecular weight excluding hydrogens is 146 g/mol. The highest BCUT2D eigenvalue weighted by Gasteiger charge is 1.95. The molecule has 0 aliphatic carbocycles. The fourth-order valence-electron chi connectivity index (χ4n) is 0.739. The number of imidazole rings is 1. The number of hydrogen-bond acceptors (Lipinski definition) is 4. The van der Waals surface area contributed by atoms with E-state index in [0.29, 0.717) is 12.1 Å². The number of carboxylic acids is 1. The molecule has 0 atom stereocenters. The molecule has 0 radical (unpaired) electrons. The van der Waals surface area contributed by atoms with Gasteiger partial charge in [0.25, 0.3) is 0 Å². The highest BCUT2D eigenvalue weighted by molar-refractivity contribution is 5.64. The Morgan fingerprint density at radius 2 is 2.55 bits per heavy atom. The Morgan fingerprint density at radius 1 is 1.82 bits per heavy atom. The standard InChI is InChI=1S/C6H9N3O2/c7-9-3-5(8-4-9)1-2-6(10)11/h3-4H,1-2,7H2,(H,10,11)/p-1. The van der Waals surface area contributed by atoms with E-state index in [2.05, 4.69) is 4.98 Å². The van der Waals surface area contributed by atoms with Gasteiger partial charge >= 0.3 is 0 Å². The van der Waals surface area contributed by atoms with Crippen molar-refractivity contribution in [2.24, 2.45) is 0 Å². The van der Waals surface area contributed by atoms with Crippen LogP contribution >= 0.6 is 0 Å². The van der Waals surface area contributed by atoms with Gasteiger partial charge in [-0.05, 0) is 12.8 Å². The number of nitrogens with two attached hydrogens (primary N) is 1. The first-order valence-electron chi connectivity index (χ1n) is 3.16. The Morgan fingerprint density at radius 3 is 3.00 bits per heavy atom. The summed E-state index contributed by atoms with van der Waals surface area (Å²) in [6.45, 7) is 0. The van der Waals surface area contributed by atoms with Gasteiger partial charge in [0.1, 0.15) is 6.33 Å². The fraction of sp³-hybridized carbons (Fsp3) is 0.333. The molecule has 11 heavy (non-hydrogen) atoms. The summed E-state index contributed by atoms with van der Waals surface area (Å²) in [5, 5.41) is 10.0. The Labute approximate surface area is 63.4 Å². The zero-order chi connectivity index (χ0) is 8.27. The topological polar surface area (TPSA) is 84.0 Å². The number of nitrogens with zero attached hydrogens (tertiary/aromatic N) is 2. The second kappa shape index (κ2) is 3.05.